The molecule has 5 nitrogen and oxygen atoms in total. The van der Waals surface area contributed by atoms with Crippen molar-refractivity contribution in [1.82, 2.24) is 0 Å². The fourth-order valence-electron chi connectivity index (χ4n) is 1.40. The molecule has 0 radical (unpaired) electrons. The highest BCUT2D eigenvalue weighted by molar-refractivity contribution is 5.71. The average molecular weight is 197 g/mol. The van der Waals surface area contributed by atoms with Crippen molar-refractivity contribution in [2.45, 2.75) is 0 Å². The summed E-state index contributed by atoms with van der Waals surface area (Å²) in [6.45, 7) is 0.158. The summed E-state index contributed by atoms with van der Waals surface area (Å²) in [5.74, 6) is 2.08. The molecule has 1 aliphatic heterocycles. The molecule has 5 heteroatoms. The number of anilines is 1. The van der Waals surface area contributed by atoms with Crippen LogP contribution in [0.3, 0.4) is 0 Å². The first kappa shape index (κ1) is 8.80. The third-order valence-electron chi connectivity index (χ3n) is 2.02. The minimum atomic E-state index is 0.158. The predicted molar refractivity (Wildman–Crippen MR) is 50.1 cm³/mol. The third kappa shape index (κ3) is 1.09. The summed E-state index contributed by atoms with van der Waals surface area (Å²) in [6, 6.07) is 1.65. The Bertz CT molecular complexity index is 364. The summed E-state index contributed by atoms with van der Waals surface area (Å²) in [6.07, 6.45) is 0. The van der Waals surface area contributed by atoms with Crippen molar-refractivity contribution in [1.29, 1.82) is 0 Å². The molecule has 0 saturated carbocycles. The number of methoxy groups -OCH3 is 2. The first-order valence-corrected chi connectivity index (χ1v) is 4.08. The van der Waals surface area contributed by atoms with Crippen molar-refractivity contribution in [3.63, 3.8) is 0 Å². The van der Waals surface area contributed by atoms with Gasteiger partial charge in [-0.1, -0.05) is 0 Å². The van der Waals surface area contributed by atoms with Crippen LogP contribution in [-0.2, 0) is 0 Å². The lowest BCUT2D eigenvalue weighted by atomic mass is 10.2. The van der Waals surface area contributed by atoms with Gasteiger partial charge < -0.3 is 24.7 Å². The number of hydrogen-bond donors (Lipinski definition) is 1. The smallest absolute Gasteiger partial charge is 0.231 e. The van der Waals surface area contributed by atoms with E-state index < -0.39 is 0 Å². The summed E-state index contributed by atoms with van der Waals surface area (Å²) in [4.78, 5) is 0. The van der Waals surface area contributed by atoms with Gasteiger partial charge in [0.2, 0.25) is 18.3 Å². The van der Waals surface area contributed by atoms with Crippen molar-refractivity contribution in [3.05, 3.63) is 6.07 Å². The molecule has 2 N–H and O–H groups in total. The number of rotatable bonds is 2. The fourth-order valence-corrected chi connectivity index (χ4v) is 1.40. The van der Waals surface area contributed by atoms with E-state index in [9.17, 15) is 0 Å². The maximum Gasteiger partial charge on any atom is 0.231 e. The average Bonchev–Trinajstić information content (AvgIpc) is 2.65. The van der Waals surface area contributed by atoms with E-state index in [2.05, 4.69) is 0 Å². The Hall–Kier alpha value is -1.78. The van der Waals surface area contributed by atoms with Crippen LogP contribution < -0.4 is 24.7 Å². The van der Waals surface area contributed by atoms with Gasteiger partial charge in [-0.05, 0) is 0 Å². The van der Waals surface area contributed by atoms with Crippen LogP contribution in [0.5, 0.6) is 23.0 Å². The highest BCUT2D eigenvalue weighted by Gasteiger charge is 2.25. The molecule has 0 atom stereocenters. The standard InChI is InChI=1S/C9H11NO4/c1-11-6-3-5(10)7(12-2)9-8(6)13-4-14-9/h3H,4,10H2,1-2H3. The number of benzene rings is 1. The minimum absolute atomic E-state index is 0.158. The van der Waals surface area contributed by atoms with Gasteiger partial charge in [0.1, 0.15) is 0 Å². The molecule has 0 aromatic heterocycles. The quantitative estimate of drug-likeness (QED) is 0.717. The number of ether oxygens (including phenoxy) is 4. The Morgan fingerprint density at radius 3 is 2.57 bits per heavy atom. The van der Waals surface area contributed by atoms with E-state index in [0.717, 1.165) is 0 Å². The predicted octanol–water partition coefficient (Wildman–Crippen LogP) is 1.01. The largest absolute Gasteiger partial charge is 0.493 e. The van der Waals surface area contributed by atoms with Crippen LogP contribution in [0.2, 0.25) is 0 Å². The molecular formula is C9H11NO4. The Labute approximate surface area is 81.3 Å². The van der Waals surface area contributed by atoms with Crippen molar-refractivity contribution >= 4 is 5.69 Å². The van der Waals surface area contributed by atoms with Crippen molar-refractivity contribution < 1.29 is 18.9 Å². The zero-order valence-electron chi connectivity index (χ0n) is 7.99. The number of fused-ring (bicyclic) bond motifs is 1. The molecule has 0 bridgehead atoms. The molecule has 0 aliphatic carbocycles. The van der Waals surface area contributed by atoms with Gasteiger partial charge in [-0.25, -0.2) is 0 Å². The second kappa shape index (κ2) is 3.17. The number of hydrogen-bond acceptors (Lipinski definition) is 5. The summed E-state index contributed by atoms with van der Waals surface area (Å²) in [7, 11) is 3.07. The normalized spacial score (nSPS) is 12.7. The van der Waals surface area contributed by atoms with Crippen molar-refractivity contribution in [3.8, 4) is 23.0 Å². The van der Waals surface area contributed by atoms with Gasteiger partial charge in [0.25, 0.3) is 0 Å². The minimum Gasteiger partial charge on any atom is -0.493 e. The molecule has 2 rings (SSSR count). The highest BCUT2D eigenvalue weighted by Crippen LogP contribution is 2.50. The van der Waals surface area contributed by atoms with Gasteiger partial charge in [-0.15, -0.1) is 0 Å². The maximum absolute atomic E-state index is 5.74. The first-order chi connectivity index (χ1) is 6.77. The van der Waals surface area contributed by atoms with Crippen molar-refractivity contribution in [2.24, 2.45) is 0 Å². The molecule has 1 aliphatic rings. The van der Waals surface area contributed by atoms with E-state index >= 15 is 0 Å². The Balaban J connectivity index is 2.61. The molecule has 0 amide bonds. The Kier molecular flexibility index (Phi) is 1.99. The van der Waals surface area contributed by atoms with Crippen LogP contribution in [0, 0.1) is 0 Å². The maximum atomic E-state index is 5.74. The summed E-state index contributed by atoms with van der Waals surface area (Å²) >= 11 is 0. The topological polar surface area (TPSA) is 62.9 Å². The molecular weight excluding hydrogens is 186 g/mol. The van der Waals surface area contributed by atoms with Crippen LogP contribution in [-0.4, -0.2) is 21.0 Å². The van der Waals surface area contributed by atoms with Crippen LogP contribution in [0.25, 0.3) is 0 Å². The summed E-state index contributed by atoms with van der Waals surface area (Å²) in [5.41, 5.74) is 6.21. The van der Waals surface area contributed by atoms with Crippen LogP contribution in [0.4, 0.5) is 5.69 Å². The lowest BCUT2D eigenvalue weighted by molar-refractivity contribution is 0.168. The molecule has 1 aromatic carbocycles. The van der Waals surface area contributed by atoms with Gasteiger partial charge >= 0.3 is 0 Å². The zero-order chi connectivity index (χ0) is 10.1. The third-order valence-corrected chi connectivity index (χ3v) is 2.02. The van der Waals surface area contributed by atoms with E-state index in [1.54, 1.807) is 13.2 Å². The molecule has 0 saturated heterocycles. The van der Waals surface area contributed by atoms with Gasteiger partial charge in [0.15, 0.2) is 11.5 Å². The first-order valence-electron chi connectivity index (χ1n) is 4.08. The second-order valence-corrected chi connectivity index (χ2v) is 2.77. The lowest BCUT2D eigenvalue weighted by Crippen LogP contribution is -1.96. The highest BCUT2D eigenvalue weighted by atomic mass is 16.7. The monoisotopic (exact) mass is 197 g/mol. The SMILES string of the molecule is COc1cc(N)c(OC)c2c1OCO2. The molecule has 0 fully saturated rings. The number of nitrogen functional groups attached to an aromatic ring is 1. The Morgan fingerprint density at radius 2 is 1.93 bits per heavy atom. The molecule has 76 valence electrons. The molecule has 0 spiro atoms. The van der Waals surface area contributed by atoms with E-state index in [0.29, 0.717) is 28.7 Å². The van der Waals surface area contributed by atoms with Gasteiger partial charge in [-0.2, -0.15) is 0 Å². The zero-order valence-corrected chi connectivity index (χ0v) is 7.99. The second-order valence-electron chi connectivity index (χ2n) is 2.77. The van der Waals surface area contributed by atoms with Gasteiger partial charge in [0, 0.05) is 6.07 Å². The van der Waals surface area contributed by atoms with Crippen LogP contribution in [0.1, 0.15) is 0 Å². The Morgan fingerprint density at radius 1 is 1.21 bits per heavy atom. The van der Waals surface area contributed by atoms with Crippen molar-refractivity contribution in [2.75, 3.05) is 26.7 Å². The molecule has 1 aromatic rings. The van der Waals surface area contributed by atoms with E-state index in [-0.39, 0.29) is 6.79 Å². The van der Waals surface area contributed by atoms with Gasteiger partial charge in [-0.3, -0.25) is 0 Å². The van der Waals surface area contributed by atoms with Crippen LogP contribution in [0.15, 0.2) is 6.07 Å². The van der Waals surface area contributed by atoms with E-state index in [4.69, 9.17) is 24.7 Å². The summed E-state index contributed by atoms with van der Waals surface area (Å²) < 4.78 is 20.7. The van der Waals surface area contributed by atoms with Gasteiger partial charge in [0.05, 0.1) is 19.9 Å². The number of nitrogens with two attached hydrogens (primary N) is 1. The molecule has 14 heavy (non-hydrogen) atoms. The van der Waals surface area contributed by atoms with E-state index in [1.807, 2.05) is 0 Å². The molecule has 0 unspecified atom stereocenters. The molecule has 1 heterocycles. The fraction of sp³-hybridized carbons (Fsp3) is 0.333. The van der Waals surface area contributed by atoms with Crippen LogP contribution >= 0.6 is 0 Å². The van der Waals surface area contributed by atoms with E-state index in [1.165, 1.54) is 7.11 Å². The summed E-state index contributed by atoms with van der Waals surface area (Å²) in [5, 5.41) is 0. The lowest BCUT2D eigenvalue weighted by Gasteiger charge is -2.10.